The standard InChI is InChI=1S/C25H33NO5S/c1-25(2,26-16-17-27)24(30)19-8-12-21(13-9-19)32-22-14-10-20(11-15-22)31-18-6-4-3-5-7-23(28)29/h8-15,26-27H,3-7,16-18H2,1-2H3,(H,28,29). The van der Waals surface area contributed by atoms with Crippen LogP contribution in [0.3, 0.4) is 0 Å². The van der Waals surface area contributed by atoms with Crippen molar-refractivity contribution in [3.63, 3.8) is 0 Å². The molecule has 174 valence electrons. The molecule has 0 unspecified atom stereocenters. The number of unbranched alkanes of at least 4 members (excludes halogenated alkanes) is 3. The number of ether oxygens (including phenoxy) is 1. The number of hydrogen-bond acceptors (Lipinski definition) is 6. The molecule has 0 aliphatic carbocycles. The van der Waals surface area contributed by atoms with Crippen molar-refractivity contribution in [2.75, 3.05) is 19.8 Å². The number of carboxylic acids is 1. The van der Waals surface area contributed by atoms with E-state index in [4.69, 9.17) is 14.9 Å². The highest BCUT2D eigenvalue weighted by Gasteiger charge is 2.27. The van der Waals surface area contributed by atoms with E-state index in [0.717, 1.165) is 41.2 Å². The van der Waals surface area contributed by atoms with Gasteiger partial charge in [0.2, 0.25) is 0 Å². The molecule has 2 aromatic carbocycles. The summed E-state index contributed by atoms with van der Waals surface area (Å²) in [4.78, 5) is 25.3. The van der Waals surface area contributed by atoms with E-state index in [2.05, 4.69) is 5.32 Å². The van der Waals surface area contributed by atoms with Gasteiger partial charge in [0, 0.05) is 28.3 Å². The number of Topliss-reactive ketones (excluding diaryl/α,β-unsaturated/α-hetero) is 1. The Morgan fingerprint density at radius 1 is 0.938 bits per heavy atom. The van der Waals surface area contributed by atoms with Crippen LogP contribution in [0.2, 0.25) is 0 Å². The van der Waals surface area contributed by atoms with Crippen molar-refractivity contribution in [2.24, 2.45) is 0 Å². The summed E-state index contributed by atoms with van der Waals surface area (Å²) in [6, 6.07) is 15.5. The molecular formula is C25H33NO5S. The number of β-amino-alcohol motifs (C(OH)–C–C–N with tert-alkyl or cyclic N) is 1. The van der Waals surface area contributed by atoms with Gasteiger partial charge in [-0.1, -0.05) is 36.7 Å². The number of benzene rings is 2. The van der Waals surface area contributed by atoms with Crippen molar-refractivity contribution >= 4 is 23.5 Å². The predicted octanol–water partition coefficient (Wildman–Crippen LogP) is 4.79. The average molecular weight is 460 g/mol. The lowest BCUT2D eigenvalue weighted by atomic mass is 9.93. The second kappa shape index (κ2) is 13.3. The van der Waals surface area contributed by atoms with Gasteiger partial charge in [0.25, 0.3) is 0 Å². The average Bonchev–Trinajstić information content (AvgIpc) is 2.78. The molecular weight excluding hydrogens is 426 g/mol. The highest BCUT2D eigenvalue weighted by molar-refractivity contribution is 7.99. The van der Waals surface area contributed by atoms with Gasteiger partial charge in [-0.2, -0.15) is 0 Å². The van der Waals surface area contributed by atoms with Crippen LogP contribution in [-0.2, 0) is 4.79 Å². The number of hydrogen-bond donors (Lipinski definition) is 3. The number of rotatable bonds is 15. The molecule has 0 atom stereocenters. The summed E-state index contributed by atoms with van der Waals surface area (Å²) in [7, 11) is 0. The van der Waals surface area contributed by atoms with E-state index < -0.39 is 11.5 Å². The Kier molecular flexibility index (Phi) is 10.7. The van der Waals surface area contributed by atoms with Crippen LogP contribution in [0.15, 0.2) is 58.3 Å². The molecule has 0 bridgehead atoms. The lowest BCUT2D eigenvalue weighted by molar-refractivity contribution is -0.137. The van der Waals surface area contributed by atoms with Gasteiger partial charge < -0.3 is 20.3 Å². The van der Waals surface area contributed by atoms with Gasteiger partial charge in [-0.25, -0.2) is 0 Å². The van der Waals surface area contributed by atoms with Crippen molar-refractivity contribution < 1.29 is 24.5 Å². The van der Waals surface area contributed by atoms with Crippen LogP contribution in [0.4, 0.5) is 0 Å². The molecule has 32 heavy (non-hydrogen) atoms. The number of ketones is 1. The summed E-state index contributed by atoms with van der Waals surface area (Å²) in [5.74, 6) is 0.0726. The minimum atomic E-state index is -0.737. The fourth-order valence-electron chi connectivity index (χ4n) is 3.15. The first-order valence-corrected chi connectivity index (χ1v) is 11.8. The zero-order chi connectivity index (χ0) is 23.4. The van der Waals surface area contributed by atoms with Crippen molar-refractivity contribution in [3.05, 3.63) is 54.1 Å². The first kappa shape index (κ1) is 25.9. The molecule has 0 saturated carbocycles. The first-order chi connectivity index (χ1) is 15.3. The van der Waals surface area contributed by atoms with Crippen molar-refractivity contribution in [3.8, 4) is 5.75 Å². The van der Waals surface area contributed by atoms with Gasteiger partial charge >= 0.3 is 5.97 Å². The summed E-state index contributed by atoms with van der Waals surface area (Å²) in [5, 5.41) is 20.7. The summed E-state index contributed by atoms with van der Waals surface area (Å²) in [5.41, 5.74) is -0.0948. The van der Waals surface area contributed by atoms with Crippen LogP contribution in [0.1, 0.15) is 56.3 Å². The minimum absolute atomic E-state index is 0.00844. The number of nitrogens with one attached hydrogen (secondary N) is 1. The maximum Gasteiger partial charge on any atom is 0.303 e. The fourth-order valence-corrected chi connectivity index (χ4v) is 3.96. The van der Waals surface area contributed by atoms with Gasteiger partial charge in [-0.3, -0.25) is 9.59 Å². The number of carbonyl (C=O) groups is 2. The highest BCUT2D eigenvalue weighted by atomic mass is 32.2. The van der Waals surface area contributed by atoms with E-state index in [0.29, 0.717) is 18.7 Å². The monoisotopic (exact) mass is 459 g/mol. The maximum absolute atomic E-state index is 12.7. The largest absolute Gasteiger partial charge is 0.494 e. The molecule has 2 rings (SSSR count). The zero-order valence-corrected chi connectivity index (χ0v) is 19.6. The quantitative estimate of drug-likeness (QED) is 0.260. The Balaban J connectivity index is 1.78. The molecule has 2 aromatic rings. The van der Waals surface area contributed by atoms with Crippen LogP contribution in [0.5, 0.6) is 5.75 Å². The molecule has 0 radical (unpaired) electrons. The molecule has 7 heteroatoms. The lowest BCUT2D eigenvalue weighted by Crippen LogP contribution is -2.47. The van der Waals surface area contributed by atoms with Crippen molar-refractivity contribution in [1.82, 2.24) is 5.32 Å². The molecule has 0 fully saturated rings. The van der Waals surface area contributed by atoms with Crippen LogP contribution in [0.25, 0.3) is 0 Å². The predicted molar refractivity (Wildman–Crippen MR) is 127 cm³/mol. The van der Waals surface area contributed by atoms with E-state index in [1.54, 1.807) is 11.8 Å². The van der Waals surface area contributed by atoms with E-state index in [9.17, 15) is 9.59 Å². The third kappa shape index (κ3) is 9.02. The molecule has 0 spiro atoms. The molecule has 0 heterocycles. The number of carbonyl (C=O) groups excluding carboxylic acids is 1. The van der Waals surface area contributed by atoms with Gasteiger partial charge in [-0.15, -0.1) is 0 Å². The number of carboxylic acid groups (broad SMARTS) is 1. The van der Waals surface area contributed by atoms with E-state index in [1.807, 2.05) is 62.4 Å². The van der Waals surface area contributed by atoms with Gasteiger partial charge in [-0.05, 0) is 63.1 Å². The van der Waals surface area contributed by atoms with E-state index in [1.165, 1.54) is 0 Å². The molecule has 0 aromatic heterocycles. The topological polar surface area (TPSA) is 95.9 Å². The Morgan fingerprint density at radius 2 is 1.53 bits per heavy atom. The van der Waals surface area contributed by atoms with Crippen molar-refractivity contribution in [2.45, 2.75) is 61.3 Å². The first-order valence-electron chi connectivity index (χ1n) is 10.9. The molecule has 3 N–H and O–H groups in total. The lowest BCUT2D eigenvalue weighted by Gasteiger charge is -2.24. The summed E-state index contributed by atoms with van der Waals surface area (Å²) >= 11 is 1.61. The van der Waals surface area contributed by atoms with Crippen LogP contribution in [0, 0.1) is 0 Å². The Labute approximate surface area is 194 Å². The SMILES string of the molecule is CC(C)(NCCO)C(=O)c1ccc(Sc2ccc(OCCCCCCC(=O)O)cc2)cc1. The fraction of sp³-hybridized carbons (Fsp3) is 0.440. The third-order valence-corrected chi connectivity index (χ3v) is 5.99. The van der Waals surface area contributed by atoms with Crippen LogP contribution < -0.4 is 10.1 Å². The Bertz CT molecular complexity index is 850. The molecule has 0 saturated heterocycles. The second-order valence-electron chi connectivity index (χ2n) is 8.11. The van der Waals surface area contributed by atoms with Crippen molar-refractivity contribution in [1.29, 1.82) is 0 Å². The molecule has 6 nitrogen and oxygen atoms in total. The summed E-state index contributed by atoms with van der Waals surface area (Å²) in [6.07, 6.45) is 3.74. The smallest absolute Gasteiger partial charge is 0.303 e. The number of aliphatic carboxylic acids is 1. The van der Waals surface area contributed by atoms with E-state index >= 15 is 0 Å². The minimum Gasteiger partial charge on any atom is -0.494 e. The summed E-state index contributed by atoms with van der Waals surface area (Å²) in [6.45, 7) is 4.62. The Hall–Kier alpha value is -2.35. The third-order valence-electron chi connectivity index (χ3n) is 4.98. The second-order valence-corrected chi connectivity index (χ2v) is 9.26. The molecule has 0 amide bonds. The number of aliphatic hydroxyl groups is 1. The normalized spacial score (nSPS) is 11.3. The zero-order valence-electron chi connectivity index (χ0n) is 18.8. The molecule has 0 aliphatic heterocycles. The van der Waals surface area contributed by atoms with Gasteiger partial charge in [0.15, 0.2) is 5.78 Å². The van der Waals surface area contributed by atoms with Gasteiger partial charge in [0.05, 0.1) is 18.8 Å². The van der Waals surface area contributed by atoms with Crippen LogP contribution in [-0.4, -0.2) is 47.3 Å². The van der Waals surface area contributed by atoms with Crippen LogP contribution >= 0.6 is 11.8 Å². The maximum atomic E-state index is 12.7. The van der Waals surface area contributed by atoms with Gasteiger partial charge in [0.1, 0.15) is 5.75 Å². The van der Waals surface area contributed by atoms with E-state index in [-0.39, 0.29) is 18.8 Å². The number of aliphatic hydroxyl groups excluding tert-OH is 1. The highest BCUT2D eigenvalue weighted by Crippen LogP contribution is 2.29. The Morgan fingerprint density at radius 3 is 2.12 bits per heavy atom. The molecule has 0 aliphatic rings. The summed E-state index contributed by atoms with van der Waals surface area (Å²) < 4.78 is 5.76.